The number of ether oxygens (including phenoxy) is 2. The molecule has 1 aliphatic carbocycles. The minimum Gasteiger partial charge on any atom is -0.497 e. The van der Waals surface area contributed by atoms with E-state index in [1.54, 1.807) is 19.1 Å². The van der Waals surface area contributed by atoms with Crippen LogP contribution < -0.4 is 14.4 Å². The second-order valence-electron chi connectivity index (χ2n) is 7.07. The van der Waals surface area contributed by atoms with Crippen molar-refractivity contribution in [2.75, 3.05) is 19.1 Å². The Hall–Kier alpha value is -3.08. The van der Waals surface area contributed by atoms with Crippen molar-refractivity contribution in [1.82, 2.24) is 0 Å². The number of nitrogens with zero attached hydrogens (tertiary/aromatic N) is 1. The molecule has 1 heterocycles. The fraction of sp³-hybridized carbons (Fsp3) is 0.304. The summed E-state index contributed by atoms with van der Waals surface area (Å²) in [4.78, 5) is 27.9. The molecule has 0 saturated carbocycles. The summed E-state index contributed by atoms with van der Waals surface area (Å²) in [5.74, 6) is 1.13. The van der Waals surface area contributed by atoms with Gasteiger partial charge in [0.1, 0.15) is 11.5 Å². The van der Waals surface area contributed by atoms with E-state index >= 15 is 0 Å². The third-order valence-corrected chi connectivity index (χ3v) is 5.50. The van der Waals surface area contributed by atoms with Crippen LogP contribution in [0.1, 0.15) is 37.2 Å². The molecule has 1 aliphatic heterocycles. The maximum absolute atomic E-state index is 13.2. The number of hydrogen-bond donors (Lipinski definition) is 0. The Kier molecular flexibility index (Phi) is 4.90. The zero-order chi connectivity index (χ0) is 19.7. The first-order valence-corrected chi connectivity index (χ1v) is 9.50. The lowest BCUT2D eigenvalue weighted by molar-refractivity contribution is -0.119. The van der Waals surface area contributed by atoms with Gasteiger partial charge in [0.2, 0.25) is 5.91 Å². The van der Waals surface area contributed by atoms with Gasteiger partial charge in [0.15, 0.2) is 5.78 Å². The number of allylic oxidation sites excluding steroid dienone is 2. The molecule has 0 bridgehead atoms. The number of carbonyl (C=O) groups excluding carboxylic acids is 2. The number of amides is 1. The molecule has 1 amide bonds. The zero-order valence-corrected chi connectivity index (χ0v) is 16.1. The number of anilines is 1. The first-order valence-electron chi connectivity index (χ1n) is 9.50. The maximum atomic E-state index is 13.2. The number of Topliss-reactive ketones (excluding diaryl/α,β-unsaturated/α-hetero) is 1. The van der Waals surface area contributed by atoms with Crippen molar-refractivity contribution in [2.45, 2.75) is 31.6 Å². The third-order valence-electron chi connectivity index (χ3n) is 5.50. The Labute approximate surface area is 164 Å². The molecule has 28 heavy (non-hydrogen) atoms. The van der Waals surface area contributed by atoms with Gasteiger partial charge in [0.05, 0.1) is 14.2 Å². The predicted octanol–water partition coefficient (Wildman–Crippen LogP) is 4.23. The number of rotatable bonds is 4. The van der Waals surface area contributed by atoms with E-state index in [2.05, 4.69) is 0 Å². The highest BCUT2D eigenvalue weighted by molar-refractivity contribution is 6.07. The van der Waals surface area contributed by atoms with E-state index in [-0.39, 0.29) is 24.0 Å². The van der Waals surface area contributed by atoms with Gasteiger partial charge < -0.3 is 9.47 Å². The molecular weight excluding hydrogens is 354 g/mol. The van der Waals surface area contributed by atoms with Crippen LogP contribution in [0.3, 0.4) is 0 Å². The summed E-state index contributed by atoms with van der Waals surface area (Å²) in [6.07, 6.45) is 2.21. The van der Waals surface area contributed by atoms with Crippen LogP contribution in [0.4, 0.5) is 5.69 Å². The molecule has 0 unspecified atom stereocenters. The van der Waals surface area contributed by atoms with Gasteiger partial charge in [-0.25, -0.2) is 0 Å². The number of methoxy groups -OCH3 is 2. The topological polar surface area (TPSA) is 55.8 Å². The van der Waals surface area contributed by atoms with Gasteiger partial charge in [-0.3, -0.25) is 14.5 Å². The lowest BCUT2D eigenvalue weighted by Crippen LogP contribution is -2.40. The molecule has 2 aromatic rings. The number of ketones is 1. The summed E-state index contributed by atoms with van der Waals surface area (Å²) in [5, 5.41) is 0. The van der Waals surface area contributed by atoms with Crippen molar-refractivity contribution >= 4 is 17.4 Å². The third kappa shape index (κ3) is 3.07. The van der Waals surface area contributed by atoms with Crippen LogP contribution in [0.15, 0.2) is 59.8 Å². The van der Waals surface area contributed by atoms with Crippen LogP contribution in [-0.2, 0) is 9.59 Å². The van der Waals surface area contributed by atoms with Crippen LogP contribution in [0.25, 0.3) is 0 Å². The second kappa shape index (κ2) is 7.50. The lowest BCUT2D eigenvalue weighted by atomic mass is 9.76. The monoisotopic (exact) mass is 377 g/mol. The maximum Gasteiger partial charge on any atom is 0.232 e. The normalized spacial score (nSPS) is 19.5. The first-order chi connectivity index (χ1) is 13.6. The molecule has 0 aromatic heterocycles. The fourth-order valence-electron chi connectivity index (χ4n) is 4.25. The Balaban J connectivity index is 1.89. The Morgan fingerprint density at radius 3 is 2.46 bits per heavy atom. The second-order valence-corrected chi connectivity index (χ2v) is 7.07. The van der Waals surface area contributed by atoms with Gasteiger partial charge in [-0.1, -0.05) is 18.2 Å². The summed E-state index contributed by atoms with van der Waals surface area (Å²) in [5.41, 5.74) is 3.20. The van der Waals surface area contributed by atoms with Crippen molar-refractivity contribution in [2.24, 2.45) is 0 Å². The van der Waals surface area contributed by atoms with Crippen LogP contribution >= 0.6 is 0 Å². The summed E-state index contributed by atoms with van der Waals surface area (Å²) >= 11 is 0. The van der Waals surface area contributed by atoms with Gasteiger partial charge in [0, 0.05) is 41.3 Å². The van der Waals surface area contributed by atoms with E-state index in [9.17, 15) is 9.59 Å². The van der Waals surface area contributed by atoms with Crippen molar-refractivity contribution < 1.29 is 19.1 Å². The van der Waals surface area contributed by atoms with Crippen molar-refractivity contribution in [3.63, 3.8) is 0 Å². The SMILES string of the molecule is COc1ccc(OC)c([C@H]2CC(=O)N(c3ccccc3)C3=C2C(=O)CCC3)c1. The highest BCUT2D eigenvalue weighted by Crippen LogP contribution is 2.46. The molecule has 0 spiro atoms. The van der Waals surface area contributed by atoms with Crippen LogP contribution in [0.2, 0.25) is 0 Å². The van der Waals surface area contributed by atoms with E-state index in [0.717, 1.165) is 28.9 Å². The zero-order valence-electron chi connectivity index (χ0n) is 16.1. The van der Waals surface area contributed by atoms with Crippen molar-refractivity contribution in [1.29, 1.82) is 0 Å². The molecule has 0 fully saturated rings. The summed E-state index contributed by atoms with van der Waals surface area (Å²) < 4.78 is 10.9. The van der Waals surface area contributed by atoms with Crippen LogP contribution in [0.5, 0.6) is 11.5 Å². The van der Waals surface area contributed by atoms with Crippen LogP contribution in [0, 0.1) is 0 Å². The molecule has 144 valence electrons. The molecule has 0 N–H and O–H groups in total. The Bertz CT molecular complexity index is 948. The average molecular weight is 377 g/mol. The summed E-state index contributed by atoms with van der Waals surface area (Å²) in [6.45, 7) is 0. The smallest absolute Gasteiger partial charge is 0.232 e. The molecule has 0 radical (unpaired) electrons. The average Bonchev–Trinajstić information content (AvgIpc) is 2.73. The lowest BCUT2D eigenvalue weighted by Gasteiger charge is -2.38. The fourth-order valence-corrected chi connectivity index (χ4v) is 4.25. The van der Waals surface area contributed by atoms with E-state index in [1.165, 1.54) is 0 Å². The van der Waals surface area contributed by atoms with Gasteiger partial charge >= 0.3 is 0 Å². The van der Waals surface area contributed by atoms with Gasteiger partial charge in [-0.15, -0.1) is 0 Å². The van der Waals surface area contributed by atoms with E-state index < -0.39 is 0 Å². The highest BCUT2D eigenvalue weighted by atomic mass is 16.5. The van der Waals surface area contributed by atoms with E-state index in [0.29, 0.717) is 24.3 Å². The minimum atomic E-state index is -0.319. The number of para-hydroxylation sites is 1. The van der Waals surface area contributed by atoms with Crippen LogP contribution in [-0.4, -0.2) is 25.9 Å². The van der Waals surface area contributed by atoms with E-state index in [1.807, 2.05) is 48.5 Å². The molecule has 5 nitrogen and oxygen atoms in total. The molecular formula is C23H23NO4. The molecule has 4 rings (SSSR count). The van der Waals surface area contributed by atoms with Crippen molar-refractivity contribution in [3.05, 3.63) is 65.4 Å². The summed E-state index contributed by atoms with van der Waals surface area (Å²) in [7, 11) is 3.20. The van der Waals surface area contributed by atoms with Gasteiger partial charge in [-0.2, -0.15) is 0 Å². The van der Waals surface area contributed by atoms with E-state index in [4.69, 9.17) is 9.47 Å². The Morgan fingerprint density at radius 2 is 1.75 bits per heavy atom. The standard InChI is InChI=1S/C23H23NO4/c1-27-16-11-12-21(28-2)17(13-16)18-14-22(26)24(15-7-4-3-5-8-15)19-9-6-10-20(25)23(18)19/h3-5,7-8,11-13,18H,6,9-10,14H2,1-2H3/t18-/m1/s1. The number of benzene rings is 2. The quantitative estimate of drug-likeness (QED) is 0.800. The highest BCUT2D eigenvalue weighted by Gasteiger charge is 2.40. The molecule has 0 saturated heterocycles. The van der Waals surface area contributed by atoms with Gasteiger partial charge in [0.25, 0.3) is 0 Å². The molecule has 2 aromatic carbocycles. The van der Waals surface area contributed by atoms with Gasteiger partial charge in [-0.05, 0) is 43.2 Å². The number of carbonyl (C=O) groups is 2. The first kappa shape index (κ1) is 18.3. The molecule has 1 atom stereocenters. The molecule has 5 heteroatoms. The summed E-state index contributed by atoms with van der Waals surface area (Å²) in [6, 6.07) is 15.1. The predicted molar refractivity (Wildman–Crippen MR) is 107 cm³/mol. The Morgan fingerprint density at radius 1 is 0.964 bits per heavy atom. The largest absolute Gasteiger partial charge is 0.497 e. The molecule has 2 aliphatic rings. The number of hydrogen-bond acceptors (Lipinski definition) is 4. The minimum absolute atomic E-state index is 0.00507. The van der Waals surface area contributed by atoms with Crippen molar-refractivity contribution in [3.8, 4) is 11.5 Å².